The van der Waals surface area contributed by atoms with Crippen molar-refractivity contribution in [1.29, 1.82) is 0 Å². The number of carbonyl (C=O) groups excluding carboxylic acids is 1. The molecule has 1 aliphatic heterocycles. The van der Waals surface area contributed by atoms with Gasteiger partial charge in [-0.2, -0.15) is 0 Å². The highest BCUT2D eigenvalue weighted by atomic mass is 16.2. The van der Waals surface area contributed by atoms with E-state index >= 15 is 0 Å². The summed E-state index contributed by atoms with van der Waals surface area (Å²) in [5.74, 6) is 0.218. The zero-order valence-electron chi connectivity index (χ0n) is 15.5. The molecule has 0 radical (unpaired) electrons. The quantitative estimate of drug-likeness (QED) is 0.785. The summed E-state index contributed by atoms with van der Waals surface area (Å²) in [4.78, 5) is 20.4. The van der Waals surface area contributed by atoms with Crippen LogP contribution in [-0.2, 0) is 11.2 Å². The third-order valence-corrected chi connectivity index (χ3v) is 5.35. The Hall–Kier alpha value is -2.75. The maximum Gasteiger partial charge on any atom is 0.227 e. The number of hydrogen-bond donors (Lipinski definition) is 1. The van der Waals surface area contributed by atoms with Gasteiger partial charge in [0.05, 0.1) is 6.42 Å². The Morgan fingerprint density at radius 3 is 2.62 bits per heavy atom. The van der Waals surface area contributed by atoms with Gasteiger partial charge in [0.15, 0.2) is 0 Å². The van der Waals surface area contributed by atoms with Crippen LogP contribution in [0.3, 0.4) is 0 Å². The molecule has 1 fully saturated rings. The summed E-state index contributed by atoms with van der Waals surface area (Å²) >= 11 is 0. The first-order valence-electron chi connectivity index (χ1n) is 9.27. The maximum absolute atomic E-state index is 12.8. The molecular formula is C22H25N3O. The lowest BCUT2D eigenvalue weighted by Gasteiger charge is -2.37. The Kier molecular flexibility index (Phi) is 4.41. The van der Waals surface area contributed by atoms with Crippen molar-refractivity contribution in [3.8, 4) is 0 Å². The van der Waals surface area contributed by atoms with Gasteiger partial charge in [-0.05, 0) is 42.7 Å². The van der Waals surface area contributed by atoms with Crippen molar-refractivity contribution in [2.75, 3.05) is 31.1 Å². The number of H-pyrrole nitrogens is 1. The zero-order chi connectivity index (χ0) is 18.1. The number of nitrogens with one attached hydrogen (secondary N) is 1. The smallest absolute Gasteiger partial charge is 0.227 e. The summed E-state index contributed by atoms with van der Waals surface area (Å²) in [6.07, 6.45) is 2.43. The molecule has 0 aliphatic carbocycles. The van der Waals surface area contributed by atoms with Crippen molar-refractivity contribution in [2.45, 2.75) is 20.3 Å². The van der Waals surface area contributed by atoms with Crippen LogP contribution in [0, 0.1) is 13.8 Å². The summed E-state index contributed by atoms with van der Waals surface area (Å²) in [5, 5.41) is 1.15. The van der Waals surface area contributed by atoms with Crippen LogP contribution in [0.2, 0.25) is 0 Å². The van der Waals surface area contributed by atoms with Gasteiger partial charge in [0, 0.05) is 49.0 Å². The van der Waals surface area contributed by atoms with Crippen LogP contribution < -0.4 is 4.90 Å². The number of carbonyl (C=O) groups is 1. The molecule has 1 aromatic heterocycles. The van der Waals surface area contributed by atoms with Gasteiger partial charge in [-0.3, -0.25) is 4.79 Å². The van der Waals surface area contributed by atoms with Gasteiger partial charge in [-0.25, -0.2) is 0 Å². The number of fused-ring (bicyclic) bond motifs is 1. The first kappa shape index (κ1) is 16.7. The minimum Gasteiger partial charge on any atom is -0.368 e. The lowest BCUT2D eigenvalue weighted by Crippen LogP contribution is -2.49. The summed E-state index contributed by atoms with van der Waals surface area (Å²) in [6, 6.07) is 14.7. The van der Waals surface area contributed by atoms with E-state index in [4.69, 9.17) is 0 Å². The van der Waals surface area contributed by atoms with Crippen LogP contribution in [0.5, 0.6) is 0 Å². The van der Waals surface area contributed by atoms with E-state index in [0.29, 0.717) is 6.42 Å². The predicted octanol–water partition coefficient (Wildman–Crippen LogP) is 3.68. The molecule has 2 heterocycles. The van der Waals surface area contributed by atoms with E-state index in [1.807, 2.05) is 29.3 Å². The molecule has 0 atom stereocenters. The van der Waals surface area contributed by atoms with Gasteiger partial charge in [0.1, 0.15) is 0 Å². The van der Waals surface area contributed by atoms with Crippen LogP contribution in [0.25, 0.3) is 10.9 Å². The minimum atomic E-state index is 0.218. The molecule has 4 heteroatoms. The Labute approximate surface area is 154 Å². The van der Waals surface area contributed by atoms with Crippen molar-refractivity contribution in [2.24, 2.45) is 0 Å². The van der Waals surface area contributed by atoms with E-state index in [9.17, 15) is 4.79 Å². The minimum absolute atomic E-state index is 0.218. The summed E-state index contributed by atoms with van der Waals surface area (Å²) in [7, 11) is 0. The largest absolute Gasteiger partial charge is 0.368 e. The number of anilines is 1. The molecule has 0 unspecified atom stereocenters. The average Bonchev–Trinajstić information content (AvgIpc) is 3.07. The van der Waals surface area contributed by atoms with Crippen molar-refractivity contribution in [3.63, 3.8) is 0 Å². The molecule has 1 saturated heterocycles. The van der Waals surface area contributed by atoms with E-state index in [0.717, 1.165) is 42.6 Å². The second-order valence-electron chi connectivity index (χ2n) is 7.19. The number of aryl methyl sites for hydroxylation is 2. The number of piperazine rings is 1. The van der Waals surface area contributed by atoms with E-state index < -0.39 is 0 Å². The van der Waals surface area contributed by atoms with Gasteiger partial charge >= 0.3 is 0 Å². The predicted molar refractivity (Wildman–Crippen MR) is 107 cm³/mol. The van der Waals surface area contributed by atoms with Crippen molar-refractivity contribution < 1.29 is 4.79 Å². The summed E-state index contributed by atoms with van der Waals surface area (Å²) in [6.45, 7) is 7.64. The topological polar surface area (TPSA) is 39.3 Å². The van der Waals surface area contributed by atoms with Crippen molar-refractivity contribution in [1.82, 2.24) is 9.88 Å². The van der Waals surface area contributed by atoms with Crippen LogP contribution in [-0.4, -0.2) is 42.0 Å². The average molecular weight is 347 g/mol. The van der Waals surface area contributed by atoms with Crippen LogP contribution in [0.4, 0.5) is 5.69 Å². The molecule has 1 N–H and O–H groups in total. The Morgan fingerprint density at radius 1 is 1.04 bits per heavy atom. The van der Waals surface area contributed by atoms with E-state index in [1.165, 1.54) is 16.8 Å². The molecule has 1 aliphatic rings. The number of hydrogen-bond acceptors (Lipinski definition) is 2. The summed E-state index contributed by atoms with van der Waals surface area (Å²) in [5.41, 5.74) is 6.06. The molecule has 134 valence electrons. The van der Waals surface area contributed by atoms with Crippen molar-refractivity contribution >= 4 is 22.5 Å². The first-order chi connectivity index (χ1) is 12.6. The fourth-order valence-electron chi connectivity index (χ4n) is 3.81. The second-order valence-corrected chi connectivity index (χ2v) is 7.19. The van der Waals surface area contributed by atoms with Crippen molar-refractivity contribution in [3.05, 3.63) is 65.4 Å². The molecule has 0 bridgehead atoms. The third-order valence-electron chi connectivity index (χ3n) is 5.35. The van der Waals surface area contributed by atoms with Gasteiger partial charge in [-0.1, -0.05) is 30.3 Å². The zero-order valence-corrected chi connectivity index (χ0v) is 15.5. The molecular weight excluding hydrogens is 322 g/mol. The van der Waals surface area contributed by atoms with Crippen LogP contribution in [0.15, 0.2) is 48.7 Å². The molecule has 4 nitrogen and oxygen atoms in total. The molecule has 1 amide bonds. The highest BCUT2D eigenvalue weighted by Crippen LogP contribution is 2.23. The number of para-hydroxylation sites is 1. The molecule has 4 rings (SSSR count). The van der Waals surface area contributed by atoms with Crippen LogP contribution >= 0.6 is 0 Å². The molecule has 0 saturated carbocycles. The Bertz CT molecular complexity index is 935. The number of amides is 1. The van der Waals surface area contributed by atoms with E-state index in [-0.39, 0.29) is 5.91 Å². The monoisotopic (exact) mass is 347 g/mol. The SMILES string of the molecule is Cc1ccc(C)c(N2CCN(C(=O)Cc3c[nH]c4ccccc34)CC2)c1. The second kappa shape index (κ2) is 6.87. The fraction of sp³-hybridized carbons (Fsp3) is 0.318. The van der Waals surface area contributed by atoms with Gasteiger partial charge in [0.2, 0.25) is 5.91 Å². The maximum atomic E-state index is 12.8. The first-order valence-corrected chi connectivity index (χ1v) is 9.27. The number of aromatic amines is 1. The standard InChI is InChI=1S/C22H25N3O/c1-16-7-8-17(2)21(13-16)24-9-11-25(12-10-24)22(26)14-18-15-23-20-6-4-3-5-19(18)20/h3-8,13,15,23H,9-12,14H2,1-2H3. The number of aromatic nitrogens is 1. The molecule has 26 heavy (non-hydrogen) atoms. The Morgan fingerprint density at radius 2 is 1.81 bits per heavy atom. The van der Waals surface area contributed by atoms with E-state index in [2.05, 4.69) is 48.0 Å². The van der Waals surface area contributed by atoms with Gasteiger partial charge in [-0.15, -0.1) is 0 Å². The van der Waals surface area contributed by atoms with Gasteiger partial charge in [0.25, 0.3) is 0 Å². The lowest BCUT2D eigenvalue weighted by atomic mass is 10.1. The molecule has 2 aromatic carbocycles. The number of rotatable bonds is 3. The normalized spacial score (nSPS) is 14.8. The molecule has 3 aromatic rings. The summed E-state index contributed by atoms with van der Waals surface area (Å²) < 4.78 is 0. The lowest BCUT2D eigenvalue weighted by molar-refractivity contribution is -0.130. The third kappa shape index (κ3) is 3.19. The van der Waals surface area contributed by atoms with E-state index in [1.54, 1.807) is 0 Å². The van der Waals surface area contributed by atoms with Crippen LogP contribution in [0.1, 0.15) is 16.7 Å². The Balaban J connectivity index is 1.41. The number of benzene rings is 2. The number of nitrogens with zero attached hydrogens (tertiary/aromatic N) is 2. The fourth-order valence-corrected chi connectivity index (χ4v) is 3.81. The highest BCUT2D eigenvalue weighted by molar-refractivity contribution is 5.89. The van der Waals surface area contributed by atoms with Gasteiger partial charge < -0.3 is 14.8 Å². The highest BCUT2D eigenvalue weighted by Gasteiger charge is 2.22. The molecule has 0 spiro atoms.